The summed E-state index contributed by atoms with van der Waals surface area (Å²) >= 11 is 1.40. The molecule has 2 rings (SSSR count). The van der Waals surface area contributed by atoms with Gasteiger partial charge in [0.15, 0.2) is 0 Å². The van der Waals surface area contributed by atoms with Crippen LogP contribution < -0.4 is 11.5 Å². The van der Waals surface area contributed by atoms with Gasteiger partial charge in [-0.15, -0.1) is 11.3 Å². The smallest absolute Gasteiger partial charge is 0.126 e. The van der Waals surface area contributed by atoms with Crippen LogP contribution in [0.4, 0.5) is 15.8 Å². The number of benzene rings is 1. The summed E-state index contributed by atoms with van der Waals surface area (Å²) in [6.45, 7) is 0. The van der Waals surface area contributed by atoms with Crippen molar-refractivity contribution in [3.05, 3.63) is 23.3 Å². The summed E-state index contributed by atoms with van der Waals surface area (Å²) in [7, 11) is 0. The Hall–Kier alpha value is -1.29. The zero-order valence-electron chi connectivity index (χ0n) is 6.17. The molecule has 2 aromatic rings. The van der Waals surface area contributed by atoms with Gasteiger partial charge in [0.1, 0.15) is 5.82 Å². The highest BCUT2D eigenvalue weighted by Gasteiger charge is 2.05. The fourth-order valence-electron chi connectivity index (χ4n) is 1.19. The van der Waals surface area contributed by atoms with Crippen LogP contribution in [0, 0.1) is 5.82 Å². The van der Waals surface area contributed by atoms with Gasteiger partial charge in [-0.25, -0.2) is 4.39 Å². The molecule has 0 unspecified atom stereocenters. The predicted octanol–water partition coefficient (Wildman–Crippen LogP) is 2.20. The van der Waals surface area contributed by atoms with Crippen molar-refractivity contribution >= 4 is 32.8 Å². The van der Waals surface area contributed by atoms with Crippen molar-refractivity contribution in [3.63, 3.8) is 0 Å². The Morgan fingerprint density at radius 1 is 1.17 bits per heavy atom. The van der Waals surface area contributed by atoms with Gasteiger partial charge in [0.25, 0.3) is 0 Å². The molecule has 1 aromatic heterocycles. The van der Waals surface area contributed by atoms with E-state index in [-0.39, 0.29) is 5.82 Å². The Morgan fingerprint density at radius 2 is 1.92 bits per heavy atom. The molecule has 12 heavy (non-hydrogen) atoms. The fourth-order valence-corrected chi connectivity index (χ4v) is 2.10. The summed E-state index contributed by atoms with van der Waals surface area (Å²) in [6.07, 6.45) is 0. The Bertz CT molecular complexity index is 436. The molecule has 4 heteroatoms. The minimum absolute atomic E-state index is 0.318. The third kappa shape index (κ3) is 0.921. The first-order valence-electron chi connectivity index (χ1n) is 3.40. The Kier molecular flexibility index (Phi) is 1.44. The molecule has 0 aliphatic rings. The molecule has 0 saturated heterocycles. The molecule has 0 fully saturated rings. The zero-order chi connectivity index (χ0) is 8.72. The molecule has 1 heterocycles. The average molecular weight is 182 g/mol. The Labute approximate surface area is 72.6 Å². The molecule has 0 amide bonds. The first-order valence-corrected chi connectivity index (χ1v) is 4.28. The van der Waals surface area contributed by atoms with Gasteiger partial charge in [0.2, 0.25) is 0 Å². The van der Waals surface area contributed by atoms with Gasteiger partial charge in [-0.2, -0.15) is 0 Å². The number of halogens is 1. The third-order valence-electron chi connectivity index (χ3n) is 1.70. The van der Waals surface area contributed by atoms with Gasteiger partial charge in [-0.1, -0.05) is 0 Å². The molecule has 0 spiro atoms. The Balaban J connectivity index is 2.93. The van der Waals surface area contributed by atoms with E-state index in [0.717, 1.165) is 10.1 Å². The number of hydrogen-bond acceptors (Lipinski definition) is 3. The van der Waals surface area contributed by atoms with E-state index in [2.05, 4.69) is 0 Å². The number of anilines is 2. The monoisotopic (exact) mass is 182 g/mol. The molecule has 2 nitrogen and oxygen atoms in total. The topological polar surface area (TPSA) is 52.0 Å². The van der Waals surface area contributed by atoms with Crippen LogP contribution in [-0.4, -0.2) is 0 Å². The first-order chi connectivity index (χ1) is 5.68. The summed E-state index contributed by atoms with van der Waals surface area (Å²) in [5.74, 6) is -0.318. The van der Waals surface area contributed by atoms with Crippen LogP contribution >= 0.6 is 11.3 Å². The summed E-state index contributed by atoms with van der Waals surface area (Å²) in [5.41, 5.74) is 12.2. The molecule has 0 aliphatic heterocycles. The predicted molar refractivity (Wildman–Crippen MR) is 50.6 cm³/mol. The maximum absolute atomic E-state index is 12.8. The van der Waals surface area contributed by atoms with E-state index in [1.165, 1.54) is 23.5 Å². The number of rotatable bonds is 0. The maximum atomic E-state index is 12.8. The van der Waals surface area contributed by atoms with E-state index in [1.54, 1.807) is 5.38 Å². The number of thiophene rings is 1. The van der Waals surface area contributed by atoms with Crippen LogP contribution in [0.1, 0.15) is 0 Å². The SMILES string of the molecule is Nc1csc2cc(F)cc(N)c12. The summed E-state index contributed by atoms with van der Waals surface area (Å²) in [6, 6.07) is 2.72. The maximum Gasteiger partial charge on any atom is 0.126 e. The highest BCUT2D eigenvalue weighted by Crippen LogP contribution is 2.33. The van der Waals surface area contributed by atoms with E-state index < -0.39 is 0 Å². The van der Waals surface area contributed by atoms with Gasteiger partial charge >= 0.3 is 0 Å². The van der Waals surface area contributed by atoms with Crippen molar-refractivity contribution in [2.45, 2.75) is 0 Å². The molecule has 0 radical (unpaired) electrons. The van der Waals surface area contributed by atoms with E-state index in [0.29, 0.717) is 11.4 Å². The van der Waals surface area contributed by atoms with E-state index >= 15 is 0 Å². The van der Waals surface area contributed by atoms with Crippen LogP contribution in [0.3, 0.4) is 0 Å². The standard InChI is InChI=1S/C8H7FN2S/c9-4-1-5(10)8-6(11)3-12-7(8)2-4/h1-3H,10-11H2. The summed E-state index contributed by atoms with van der Waals surface area (Å²) < 4.78 is 13.6. The van der Waals surface area contributed by atoms with Gasteiger partial charge in [0.05, 0.1) is 5.69 Å². The van der Waals surface area contributed by atoms with E-state index in [4.69, 9.17) is 11.5 Å². The lowest BCUT2D eigenvalue weighted by Gasteiger charge is -1.97. The molecule has 62 valence electrons. The summed E-state index contributed by atoms with van der Waals surface area (Å²) in [5, 5.41) is 2.53. The second-order valence-corrected chi connectivity index (χ2v) is 3.47. The highest BCUT2D eigenvalue weighted by molar-refractivity contribution is 7.17. The van der Waals surface area contributed by atoms with Crippen LogP contribution in [0.15, 0.2) is 17.5 Å². The van der Waals surface area contributed by atoms with Crippen molar-refractivity contribution in [3.8, 4) is 0 Å². The molecule has 0 aliphatic carbocycles. The van der Waals surface area contributed by atoms with Crippen molar-refractivity contribution in [2.24, 2.45) is 0 Å². The molecular weight excluding hydrogens is 175 g/mol. The first kappa shape index (κ1) is 7.36. The van der Waals surface area contributed by atoms with Crippen molar-refractivity contribution in [1.82, 2.24) is 0 Å². The van der Waals surface area contributed by atoms with Crippen LogP contribution in [0.2, 0.25) is 0 Å². The normalized spacial score (nSPS) is 10.8. The highest BCUT2D eigenvalue weighted by atomic mass is 32.1. The average Bonchev–Trinajstić information content (AvgIpc) is 2.31. The van der Waals surface area contributed by atoms with E-state index in [9.17, 15) is 4.39 Å². The molecule has 4 N–H and O–H groups in total. The van der Waals surface area contributed by atoms with Gasteiger partial charge < -0.3 is 11.5 Å². The van der Waals surface area contributed by atoms with Gasteiger partial charge in [-0.05, 0) is 12.1 Å². The fraction of sp³-hybridized carbons (Fsp3) is 0. The van der Waals surface area contributed by atoms with E-state index in [1.807, 2.05) is 0 Å². The number of hydrogen-bond donors (Lipinski definition) is 2. The second kappa shape index (κ2) is 2.35. The van der Waals surface area contributed by atoms with Crippen LogP contribution in [0.25, 0.3) is 10.1 Å². The van der Waals surface area contributed by atoms with Crippen molar-refractivity contribution in [2.75, 3.05) is 11.5 Å². The van der Waals surface area contributed by atoms with Crippen molar-refractivity contribution < 1.29 is 4.39 Å². The molecule has 1 aromatic carbocycles. The van der Waals surface area contributed by atoms with Crippen LogP contribution in [0.5, 0.6) is 0 Å². The second-order valence-electron chi connectivity index (χ2n) is 2.56. The molecular formula is C8H7FN2S. The lowest BCUT2D eigenvalue weighted by atomic mass is 10.2. The third-order valence-corrected chi connectivity index (χ3v) is 2.65. The number of nitrogens with two attached hydrogens (primary N) is 2. The molecule has 0 atom stereocenters. The van der Waals surface area contributed by atoms with Gasteiger partial charge in [0, 0.05) is 21.2 Å². The Morgan fingerprint density at radius 3 is 2.67 bits per heavy atom. The zero-order valence-corrected chi connectivity index (χ0v) is 6.99. The van der Waals surface area contributed by atoms with Crippen LogP contribution in [-0.2, 0) is 0 Å². The van der Waals surface area contributed by atoms with Gasteiger partial charge in [-0.3, -0.25) is 0 Å². The summed E-state index contributed by atoms with van der Waals surface area (Å²) in [4.78, 5) is 0. The number of fused-ring (bicyclic) bond motifs is 1. The lowest BCUT2D eigenvalue weighted by molar-refractivity contribution is 0.630. The quantitative estimate of drug-likeness (QED) is 0.614. The largest absolute Gasteiger partial charge is 0.398 e. The van der Waals surface area contributed by atoms with Crippen molar-refractivity contribution in [1.29, 1.82) is 0 Å². The lowest BCUT2D eigenvalue weighted by Crippen LogP contribution is -1.89. The molecule has 0 bridgehead atoms. The molecule has 0 saturated carbocycles. The minimum atomic E-state index is -0.318. The minimum Gasteiger partial charge on any atom is -0.398 e. The number of nitrogen functional groups attached to an aromatic ring is 2.